The first kappa shape index (κ1) is 16.0. The smallest absolute Gasteiger partial charge is 0.326 e. The summed E-state index contributed by atoms with van der Waals surface area (Å²) < 4.78 is 0. The molecule has 120 valence electrons. The van der Waals surface area contributed by atoms with Gasteiger partial charge in [-0.2, -0.15) is 0 Å². The van der Waals surface area contributed by atoms with Gasteiger partial charge in [-0.1, -0.05) is 0 Å². The summed E-state index contributed by atoms with van der Waals surface area (Å²) in [6, 6.07) is -1.14. The van der Waals surface area contributed by atoms with Crippen molar-refractivity contribution in [1.29, 1.82) is 0 Å². The van der Waals surface area contributed by atoms with Crippen molar-refractivity contribution in [2.75, 3.05) is 46.8 Å². The maximum Gasteiger partial charge on any atom is 0.326 e. The Kier molecular flexibility index (Phi) is 5.02. The molecule has 2 saturated heterocycles. The normalized spacial score (nSPS) is 31.4. The van der Waals surface area contributed by atoms with Gasteiger partial charge in [0.25, 0.3) is 0 Å². The van der Waals surface area contributed by atoms with E-state index in [1.54, 1.807) is 0 Å². The Morgan fingerprint density at radius 3 is 2.62 bits per heavy atom. The minimum absolute atomic E-state index is 0.0726. The van der Waals surface area contributed by atoms with Crippen molar-refractivity contribution in [3.05, 3.63) is 0 Å². The first-order valence-corrected chi connectivity index (χ1v) is 7.22. The molecule has 0 aromatic carbocycles. The lowest BCUT2D eigenvalue weighted by Gasteiger charge is -2.38. The third-order valence-electron chi connectivity index (χ3n) is 4.29. The molecule has 2 fully saturated rings. The number of aliphatic hydroxyl groups is 1. The molecular formula is C13H24N4O4. The van der Waals surface area contributed by atoms with Crippen molar-refractivity contribution in [2.45, 2.75) is 24.6 Å². The van der Waals surface area contributed by atoms with Crippen molar-refractivity contribution < 1.29 is 19.8 Å². The van der Waals surface area contributed by atoms with E-state index in [1.807, 2.05) is 14.1 Å². The van der Waals surface area contributed by atoms with Crippen LogP contribution in [-0.4, -0.2) is 102 Å². The fourth-order valence-electron chi connectivity index (χ4n) is 2.90. The Morgan fingerprint density at radius 1 is 1.24 bits per heavy atom. The summed E-state index contributed by atoms with van der Waals surface area (Å²) in [6.07, 6.45) is -0.671. The Bertz CT molecular complexity index is 406. The average Bonchev–Trinajstić information content (AvgIpc) is 2.82. The molecule has 21 heavy (non-hydrogen) atoms. The number of carboxylic acids is 1. The highest BCUT2D eigenvalue weighted by molar-refractivity contribution is 5.83. The second-order valence-electron chi connectivity index (χ2n) is 5.98. The number of likely N-dealkylation sites (tertiary alicyclic amines) is 1. The van der Waals surface area contributed by atoms with E-state index in [2.05, 4.69) is 15.1 Å². The number of aliphatic carboxylic acids is 1. The molecule has 2 amide bonds. The molecule has 0 saturated carbocycles. The van der Waals surface area contributed by atoms with Gasteiger partial charge in [-0.3, -0.25) is 4.90 Å². The van der Waals surface area contributed by atoms with Gasteiger partial charge in [0.05, 0.1) is 6.10 Å². The maximum atomic E-state index is 12.1. The minimum Gasteiger partial charge on any atom is -0.480 e. The van der Waals surface area contributed by atoms with Crippen LogP contribution in [0.25, 0.3) is 0 Å². The SMILES string of the molecule is CN1CCN(C)C(CNC(=O)N2C[C@@H](O)C[C@H]2C(=O)O)C1. The predicted molar refractivity (Wildman–Crippen MR) is 76.1 cm³/mol. The molecule has 0 spiro atoms. The second kappa shape index (κ2) is 6.59. The van der Waals surface area contributed by atoms with Crippen LogP contribution < -0.4 is 5.32 Å². The summed E-state index contributed by atoms with van der Waals surface area (Å²) >= 11 is 0. The molecule has 2 aliphatic heterocycles. The third-order valence-corrected chi connectivity index (χ3v) is 4.29. The zero-order valence-electron chi connectivity index (χ0n) is 12.5. The molecule has 2 aliphatic rings. The number of amides is 2. The Morgan fingerprint density at radius 2 is 1.95 bits per heavy atom. The minimum atomic E-state index is -1.07. The highest BCUT2D eigenvalue weighted by Crippen LogP contribution is 2.18. The van der Waals surface area contributed by atoms with Crippen LogP contribution in [0.2, 0.25) is 0 Å². The molecular weight excluding hydrogens is 276 g/mol. The predicted octanol–water partition coefficient (Wildman–Crippen LogP) is -1.54. The van der Waals surface area contributed by atoms with Gasteiger partial charge in [0.15, 0.2) is 0 Å². The summed E-state index contributed by atoms with van der Waals surface area (Å²) in [4.78, 5) is 28.9. The summed E-state index contributed by atoms with van der Waals surface area (Å²) in [7, 11) is 4.06. The van der Waals surface area contributed by atoms with Crippen molar-refractivity contribution in [3.63, 3.8) is 0 Å². The first-order chi connectivity index (χ1) is 9.88. The van der Waals surface area contributed by atoms with Crippen LogP contribution in [0.15, 0.2) is 0 Å². The number of rotatable bonds is 3. The molecule has 3 N–H and O–H groups in total. The van der Waals surface area contributed by atoms with E-state index >= 15 is 0 Å². The molecule has 8 nitrogen and oxygen atoms in total. The molecule has 3 atom stereocenters. The third kappa shape index (κ3) is 3.84. The van der Waals surface area contributed by atoms with Crippen molar-refractivity contribution in [2.24, 2.45) is 0 Å². The van der Waals surface area contributed by atoms with E-state index in [0.29, 0.717) is 6.54 Å². The molecule has 2 heterocycles. The van der Waals surface area contributed by atoms with Crippen LogP contribution >= 0.6 is 0 Å². The summed E-state index contributed by atoms with van der Waals surface area (Å²) in [5, 5.41) is 21.5. The van der Waals surface area contributed by atoms with Gasteiger partial charge >= 0.3 is 12.0 Å². The molecule has 2 rings (SSSR count). The molecule has 0 radical (unpaired) electrons. The first-order valence-electron chi connectivity index (χ1n) is 7.22. The largest absolute Gasteiger partial charge is 0.480 e. The number of carboxylic acid groups (broad SMARTS) is 1. The number of β-amino-alcohol motifs (C(OH)–C–C–N with tert-alkyl or cyclic N) is 1. The molecule has 0 aliphatic carbocycles. The fraction of sp³-hybridized carbons (Fsp3) is 0.846. The molecule has 0 aromatic rings. The summed E-state index contributed by atoms with van der Waals surface area (Å²) in [5.74, 6) is -1.07. The van der Waals surface area contributed by atoms with Crippen LogP contribution in [0.3, 0.4) is 0 Å². The Hall–Kier alpha value is -1.38. The van der Waals surface area contributed by atoms with Crippen molar-refractivity contribution in [1.82, 2.24) is 20.0 Å². The molecule has 8 heteroatoms. The zero-order chi connectivity index (χ0) is 15.6. The number of urea groups is 1. The van der Waals surface area contributed by atoms with Crippen molar-refractivity contribution >= 4 is 12.0 Å². The van der Waals surface area contributed by atoms with Gasteiger partial charge < -0.3 is 25.3 Å². The van der Waals surface area contributed by atoms with Gasteiger partial charge in [0.1, 0.15) is 6.04 Å². The number of carbonyl (C=O) groups excluding carboxylic acids is 1. The van der Waals surface area contributed by atoms with Crippen LogP contribution in [0, 0.1) is 0 Å². The van der Waals surface area contributed by atoms with E-state index in [0.717, 1.165) is 19.6 Å². The fourth-order valence-corrected chi connectivity index (χ4v) is 2.90. The lowest BCUT2D eigenvalue weighted by Crippen LogP contribution is -2.56. The zero-order valence-corrected chi connectivity index (χ0v) is 12.5. The van der Waals surface area contributed by atoms with Crippen LogP contribution in [0.4, 0.5) is 4.79 Å². The van der Waals surface area contributed by atoms with Crippen LogP contribution in [0.5, 0.6) is 0 Å². The van der Waals surface area contributed by atoms with Gasteiger partial charge in [0, 0.05) is 45.2 Å². The monoisotopic (exact) mass is 300 g/mol. The summed E-state index contributed by atoms with van der Waals surface area (Å²) in [5.41, 5.74) is 0. The molecule has 0 aromatic heterocycles. The van der Waals surface area contributed by atoms with E-state index in [4.69, 9.17) is 5.11 Å². The quantitative estimate of drug-likeness (QED) is 0.585. The van der Waals surface area contributed by atoms with Gasteiger partial charge in [-0.15, -0.1) is 0 Å². The van der Waals surface area contributed by atoms with Crippen LogP contribution in [0.1, 0.15) is 6.42 Å². The number of carbonyl (C=O) groups is 2. The van der Waals surface area contributed by atoms with Gasteiger partial charge in [-0.05, 0) is 14.1 Å². The average molecular weight is 300 g/mol. The number of aliphatic hydroxyl groups excluding tert-OH is 1. The standard InChI is InChI=1S/C13H24N4O4/c1-15-3-4-16(2)9(7-15)6-14-13(21)17-8-10(18)5-11(17)12(19)20/h9-11,18H,3-8H2,1-2H3,(H,14,21)(H,19,20)/t9?,10-,11-/m0/s1. The number of piperazine rings is 1. The summed E-state index contributed by atoms with van der Waals surface area (Å²) in [6.45, 7) is 3.35. The van der Waals surface area contributed by atoms with E-state index in [-0.39, 0.29) is 19.0 Å². The maximum absolute atomic E-state index is 12.1. The number of likely N-dealkylation sites (N-methyl/N-ethyl adjacent to an activating group) is 2. The lowest BCUT2D eigenvalue weighted by molar-refractivity contribution is -0.141. The second-order valence-corrected chi connectivity index (χ2v) is 5.98. The lowest BCUT2D eigenvalue weighted by atomic mass is 10.2. The molecule has 0 bridgehead atoms. The topological polar surface area (TPSA) is 96.4 Å². The Labute approximate surface area is 124 Å². The van der Waals surface area contributed by atoms with E-state index in [9.17, 15) is 14.7 Å². The number of hydrogen-bond acceptors (Lipinski definition) is 5. The van der Waals surface area contributed by atoms with Gasteiger partial charge in [0.2, 0.25) is 0 Å². The number of nitrogens with one attached hydrogen (secondary N) is 1. The highest BCUT2D eigenvalue weighted by Gasteiger charge is 2.39. The van der Waals surface area contributed by atoms with E-state index < -0.39 is 24.1 Å². The number of nitrogens with zero attached hydrogens (tertiary/aromatic N) is 3. The Balaban J connectivity index is 1.87. The van der Waals surface area contributed by atoms with Gasteiger partial charge in [-0.25, -0.2) is 9.59 Å². The van der Waals surface area contributed by atoms with Crippen molar-refractivity contribution in [3.8, 4) is 0 Å². The van der Waals surface area contributed by atoms with Crippen LogP contribution in [-0.2, 0) is 4.79 Å². The number of hydrogen-bond donors (Lipinski definition) is 3. The van der Waals surface area contributed by atoms with E-state index in [1.165, 1.54) is 4.90 Å². The molecule has 1 unspecified atom stereocenters. The highest BCUT2D eigenvalue weighted by atomic mass is 16.4.